The van der Waals surface area contributed by atoms with Crippen molar-refractivity contribution in [2.75, 3.05) is 7.11 Å². The van der Waals surface area contributed by atoms with E-state index in [2.05, 4.69) is 6.58 Å². The highest BCUT2D eigenvalue weighted by Crippen LogP contribution is 2.41. The van der Waals surface area contributed by atoms with E-state index in [4.69, 9.17) is 14.2 Å². The van der Waals surface area contributed by atoms with Crippen LogP contribution < -0.4 is 0 Å². The van der Waals surface area contributed by atoms with Crippen LogP contribution in [0.1, 0.15) is 59.8 Å². The molecule has 0 bridgehead atoms. The Morgan fingerprint density at radius 3 is 2.43 bits per heavy atom. The summed E-state index contributed by atoms with van der Waals surface area (Å²) in [5, 5.41) is 10.8. The van der Waals surface area contributed by atoms with Gasteiger partial charge in [0, 0.05) is 19.3 Å². The smallest absolute Gasteiger partial charge is 0.306 e. The average molecular weight is 423 g/mol. The topological polar surface area (TPSA) is 99.1 Å². The summed E-state index contributed by atoms with van der Waals surface area (Å²) >= 11 is 0. The first-order chi connectivity index (χ1) is 14.1. The highest BCUT2D eigenvalue weighted by molar-refractivity contribution is 5.75. The monoisotopic (exact) mass is 422 g/mol. The number of hydrogen-bond acceptors (Lipinski definition) is 7. The van der Waals surface area contributed by atoms with Gasteiger partial charge in [-0.05, 0) is 45.6 Å². The molecule has 1 rings (SSSR count). The van der Waals surface area contributed by atoms with E-state index in [9.17, 15) is 19.5 Å². The van der Waals surface area contributed by atoms with Gasteiger partial charge in [0.05, 0.1) is 31.8 Å². The SMILES string of the molecule is C=C(CCCC(C)=O)C1C(OC(C)=O)OC=C(C(O)CC=C(C)C)C1CC(=O)OC. The first-order valence-electron chi connectivity index (χ1n) is 10.1. The van der Waals surface area contributed by atoms with E-state index in [0.717, 1.165) is 5.57 Å². The quantitative estimate of drug-likeness (QED) is 0.401. The van der Waals surface area contributed by atoms with E-state index in [0.29, 0.717) is 36.8 Å². The molecule has 168 valence electrons. The number of methoxy groups -OCH3 is 1. The Balaban J connectivity index is 3.25. The van der Waals surface area contributed by atoms with Crippen molar-refractivity contribution in [1.29, 1.82) is 0 Å². The summed E-state index contributed by atoms with van der Waals surface area (Å²) in [5.74, 6) is -1.98. The first kappa shape index (κ1) is 25.6. The van der Waals surface area contributed by atoms with Crippen molar-refractivity contribution in [3.05, 3.63) is 35.6 Å². The van der Waals surface area contributed by atoms with E-state index < -0.39 is 36.2 Å². The molecular formula is C23H34O7. The molecule has 0 radical (unpaired) electrons. The van der Waals surface area contributed by atoms with Crippen molar-refractivity contribution < 1.29 is 33.7 Å². The van der Waals surface area contributed by atoms with E-state index in [1.165, 1.54) is 27.2 Å². The van der Waals surface area contributed by atoms with Crippen LogP contribution in [0.3, 0.4) is 0 Å². The number of ether oxygens (including phenoxy) is 3. The molecule has 30 heavy (non-hydrogen) atoms. The molecule has 4 atom stereocenters. The minimum Gasteiger partial charge on any atom is -0.469 e. The Hall–Kier alpha value is -2.41. The maximum absolute atomic E-state index is 12.1. The Bertz CT molecular complexity index is 700. The second-order valence-corrected chi connectivity index (χ2v) is 7.89. The molecule has 1 aliphatic heterocycles. The van der Waals surface area contributed by atoms with Crippen LogP contribution in [0, 0.1) is 11.8 Å². The molecule has 1 heterocycles. The summed E-state index contributed by atoms with van der Waals surface area (Å²) in [5.41, 5.74) is 2.27. The molecule has 0 fully saturated rings. The number of carbonyl (C=O) groups excluding carboxylic acids is 3. The molecule has 4 unspecified atom stereocenters. The lowest BCUT2D eigenvalue weighted by Crippen LogP contribution is -2.41. The third-order valence-corrected chi connectivity index (χ3v) is 5.02. The predicted molar refractivity (Wildman–Crippen MR) is 112 cm³/mol. The molecule has 0 aromatic rings. The Morgan fingerprint density at radius 2 is 1.90 bits per heavy atom. The predicted octanol–water partition coefficient (Wildman–Crippen LogP) is 3.62. The van der Waals surface area contributed by atoms with Gasteiger partial charge in [-0.1, -0.05) is 23.8 Å². The maximum Gasteiger partial charge on any atom is 0.306 e. The van der Waals surface area contributed by atoms with Crippen LogP contribution in [0.25, 0.3) is 0 Å². The van der Waals surface area contributed by atoms with E-state index in [1.807, 2.05) is 19.9 Å². The van der Waals surface area contributed by atoms with Crippen LogP contribution in [-0.4, -0.2) is 42.3 Å². The Labute approximate surface area is 178 Å². The average Bonchev–Trinajstić information content (AvgIpc) is 2.65. The van der Waals surface area contributed by atoms with Crippen molar-refractivity contribution in [1.82, 2.24) is 0 Å². The second-order valence-electron chi connectivity index (χ2n) is 7.89. The van der Waals surface area contributed by atoms with Crippen LogP contribution in [-0.2, 0) is 28.6 Å². The minimum absolute atomic E-state index is 0.0221. The number of aliphatic hydroxyl groups excluding tert-OH is 1. The third-order valence-electron chi connectivity index (χ3n) is 5.02. The summed E-state index contributed by atoms with van der Waals surface area (Å²) in [6.45, 7) is 10.8. The molecule has 0 aromatic carbocycles. The molecule has 0 spiro atoms. The zero-order valence-corrected chi connectivity index (χ0v) is 18.6. The second kappa shape index (κ2) is 12.3. The van der Waals surface area contributed by atoms with Gasteiger partial charge in [0.25, 0.3) is 0 Å². The van der Waals surface area contributed by atoms with Crippen LogP contribution in [0.2, 0.25) is 0 Å². The Kier molecular flexibility index (Phi) is 10.5. The molecule has 0 amide bonds. The molecule has 1 aliphatic rings. The van der Waals surface area contributed by atoms with Crippen LogP contribution in [0.5, 0.6) is 0 Å². The molecule has 0 aliphatic carbocycles. The molecule has 0 saturated carbocycles. The number of aliphatic hydroxyl groups is 1. The van der Waals surface area contributed by atoms with Gasteiger partial charge in [0.15, 0.2) is 0 Å². The molecule has 0 aromatic heterocycles. The lowest BCUT2D eigenvalue weighted by molar-refractivity contribution is -0.181. The highest BCUT2D eigenvalue weighted by atomic mass is 16.7. The van der Waals surface area contributed by atoms with E-state index in [1.54, 1.807) is 0 Å². The summed E-state index contributed by atoms with van der Waals surface area (Å²) in [6, 6.07) is 0. The van der Waals surface area contributed by atoms with Crippen molar-refractivity contribution in [3.8, 4) is 0 Å². The van der Waals surface area contributed by atoms with Crippen LogP contribution in [0.15, 0.2) is 35.6 Å². The number of Topliss-reactive ketones (excluding diaryl/α,β-unsaturated/α-hetero) is 1. The van der Waals surface area contributed by atoms with Gasteiger partial charge in [0.1, 0.15) is 5.78 Å². The van der Waals surface area contributed by atoms with Gasteiger partial charge in [-0.2, -0.15) is 0 Å². The fourth-order valence-corrected chi connectivity index (χ4v) is 3.50. The number of hydrogen-bond donors (Lipinski definition) is 1. The zero-order valence-electron chi connectivity index (χ0n) is 18.6. The lowest BCUT2D eigenvalue weighted by atomic mass is 9.74. The van der Waals surface area contributed by atoms with Crippen LogP contribution >= 0.6 is 0 Å². The molecule has 1 N–H and O–H groups in total. The lowest BCUT2D eigenvalue weighted by Gasteiger charge is -2.39. The number of ketones is 1. The van der Waals surface area contributed by atoms with Gasteiger partial charge < -0.3 is 24.1 Å². The molecular weight excluding hydrogens is 388 g/mol. The van der Waals surface area contributed by atoms with Crippen molar-refractivity contribution >= 4 is 17.7 Å². The van der Waals surface area contributed by atoms with E-state index in [-0.39, 0.29) is 12.2 Å². The third kappa shape index (κ3) is 8.14. The molecule has 0 saturated heterocycles. The van der Waals surface area contributed by atoms with Gasteiger partial charge in [-0.15, -0.1) is 0 Å². The number of carbonyl (C=O) groups is 3. The van der Waals surface area contributed by atoms with Crippen LogP contribution in [0.4, 0.5) is 0 Å². The van der Waals surface area contributed by atoms with Gasteiger partial charge in [0.2, 0.25) is 6.29 Å². The zero-order chi connectivity index (χ0) is 22.8. The van der Waals surface area contributed by atoms with Crippen molar-refractivity contribution in [2.45, 2.75) is 72.2 Å². The minimum atomic E-state index is -0.971. The Morgan fingerprint density at radius 1 is 1.23 bits per heavy atom. The first-order valence-corrected chi connectivity index (χ1v) is 10.1. The number of rotatable bonds is 11. The van der Waals surface area contributed by atoms with Gasteiger partial charge in [-0.25, -0.2) is 0 Å². The summed E-state index contributed by atoms with van der Waals surface area (Å²) in [7, 11) is 1.30. The highest BCUT2D eigenvalue weighted by Gasteiger charge is 2.43. The van der Waals surface area contributed by atoms with Gasteiger partial charge >= 0.3 is 11.9 Å². The number of esters is 2. The summed E-state index contributed by atoms with van der Waals surface area (Å²) in [4.78, 5) is 35.1. The van der Waals surface area contributed by atoms with Crippen molar-refractivity contribution in [3.63, 3.8) is 0 Å². The van der Waals surface area contributed by atoms with Crippen molar-refractivity contribution in [2.24, 2.45) is 11.8 Å². The van der Waals surface area contributed by atoms with E-state index >= 15 is 0 Å². The fourth-order valence-electron chi connectivity index (χ4n) is 3.50. The maximum atomic E-state index is 12.1. The molecule has 7 nitrogen and oxygen atoms in total. The number of allylic oxidation sites excluding steroid dienone is 1. The largest absolute Gasteiger partial charge is 0.469 e. The van der Waals surface area contributed by atoms with Gasteiger partial charge in [-0.3, -0.25) is 9.59 Å². The summed E-state index contributed by atoms with van der Waals surface area (Å²) < 4.78 is 15.9. The normalized spacial score (nSPS) is 21.5. The molecule has 7 heteroatoms. The standard InChI is InChI=1S/C23H34O7/c1-14(2)10-11-20(26)19-13-29-23(30-17(5)25)22(18(19)12-21(27)28-6)15(3)8-7-9-16(4)24/h10,13,18,20,22-23,26H,3,7-9,11-12H2,1-2,4-6H3. The fraction of sp³-hybridized carbons (Fsp3) is 0.609. The summed E-state index contributed by atoms with van der Waals surface area (Å²) in [6.07, 6.45) is 3.25.